The number of nitrogens with two attached hydrogens (primary N) is 1. The van der Waals surface area contributed by atoms with Crippen LogP contribution in [0.5, 0.6) is 0 Å². The van der Waals surface area contributed by atoms with Gasteiger partial charge in [0.05, 0.1) is 43.1 Å². The van der Waals surface area contributed by atoms with Gasteiger partial charge < -0.3 is 43.7 Å². The molecule has 0 spiro atoms. The molecule has 7 rings (SSSR count). The van der Waals surface area contributed by atoms with Gasteiger partial charge in [-0.2, -0.15) is 5.10 Å². The zero-order valence-electron chi connectivity index (χ0n) is 21.9. The van der Waals surface area contributed by atoms with Crippen LogP contribution in [-0.4, -0.2) is 87.2 Å². The van der Waals surface area contributed by atoms with Crippen molar-refractivity contribution in [1.82, 2.24) is 28.5 Å². The van der Waals surface area contributed by atoms with Crippen molar-refractivity contribution in [2.75, 3.05) is 18.9 Å². The van der Waals surface area contributed by atoms with E-state index in [1.54, 1.807) is 12.3 Å². The van der Waals surface area contributed by atoms with Crippen LogP contribution in [0.25, 0.3) is 11.4 Å². The smallest absolute Gasteiger partial charge is 0.325 e. The van der Waals surface area contributed by atoms with Crippen LogP contribution in [0.3, 0.4) is 0 Å². The molecule has 3 saturated heterocycles. The molecular formula is C22H25N7O10P2S2. The van der Waals surface area contributed by atoms with E-state index < -0.39 is 62.9 Å². The topological polar surface area (TPSA) is 212 Å². The molecule has 2 bridgehead atoms. The molecule has 9 atom stereocenters. The maximum Gasteiger partial charge on any atom is 0.325 e. The van der Waals surface area contributed by atoms with E-state index in [4.69, 9.17) is 56.9 Å². The fourth-order valence-electron chi connectivity index (χ4n) is 5.38. The highest BCUT2D eigenvalue weighted by Crippen LogP contribution is 2.54. The molecule has 4 aromatic rings. The van der Waals surface area contributed by atoms with Gasteiger partial charge in [0, 0.05) is 31.1 Å². The van der Waals surface area contributed by atoms with Crippen molar-refractivity contribution in [3.05, 3.63) is 59.2 Å². The minimum Gasteiger partial charge on any atom is -0.396 e. The molecule has 0 saturated carbocycles. The summed E-state index contributed by atoms with van der Waals surface area (Å²) in [5.41, 5.74) is 7.10. The van der Waals surface area contributed by atoms with Gasteiger partial charge in [-0.3, -0.25) is 18.3 Å². The molecule has 21 heteroatoms. The SMILES string of the molecule is Nc1ccnn2c([C@H]3C[C@@H]4OP(O)(=S)OC[C@H]5O[C@@H](n6ccc(=O)n7ccnc67)[C@H](OP(O)(=S)OC[C@H]4O3)[C@@H]5O)cnc12. The first-order valence-electron chi connectivity index (χ1n) is 12.9. The van der Waals surface area contributed by atoms with Crippen molar-refractivity contribution in [3.8, 4) is 0 Å². The Hall–Kier alpha value is -2.22. The Balaban J connectivity index is 1.19. The fourth-order valence-corrected chi connectivity index (χ4v) is 8.27. The molecule has 3 aliphatic rings. The van der Waals surface area contributed by atoms with Crippen LogP contribution in [0.4, 0.5) is 5.69 Å². The number of hydrogen-bond acceptors (Lipinski definition) is 14. The lowest BCUT2D eigenvalue weighted by atomic mass is 10.1. The Morgan fingerprint density at radius 3 is 2.56 bits per heavy atom. The highest BCUT2D eigenvalue weighted by molar-refractivity contribution is 8.07. The lowest BCUT2D eigenvalue weighted by molar-refractivity contribution is -0.0567. The van der Waals surface area contributed by atoms with Crippen LogP contribution in [0.1, 0.15) is 24.4 Å². The van der Waals surface area contributed by atoms with E-state index >= 15 is 0 Å². The van der Waals surface area contributed by atoms with Gasteiger partial charge in [-0.05, 0) is 29.7 Å². The molecule has 0 amide bonds. The normalized spacial score (nSPS) is 37.1. The summed E-state index contributed by atoms with van der Waals surface area (Å²) in [4.78, 5) is 42.9. The lowest BCUT2D eigenvalue weighted by Gasteiger charge is -2.28. The Kier molecular flexibility index (Phi) is 7.54. The summed E-state index contributed by atoms with van der Waals surface area (Å²) in [6.45, 7) is -8.73. The van der Waals surface area contributed by atoms with E-state index in [0.717, 1.165) is 0 Å². The molecule has 4 aromatic heterocycles. The van der Waals surface area contributed by atoms with Crippen molar-refractivity contribution in [2.45, 2.75) is 49.3 Å². The van der Waals surface area contributed by atoms with E-state index in [1.165, 1.54) is 44.3 Å². The standard InChI is InChI=1S/C22H25N7O10P2S2/c23-11-1-3-26-29-12(8-25-20(11)29)13-7-14-15(36-13)9-34-41(33,43)39-19-18(31)16(10-35-40(32,42)38-14)37-21(19)28-5-2-17(30)27-6-4-24-22(27)28/h1-6,8,13-16,18-19,21,31H,7,9-10,23H2,(H,32,42)(H,33,43)/t13-,14+,15-,16-,18-,19-,21-,40?,41?/m1/s1. The molecule has 2 unspecified atom stereocenters. The monoisotopic (exact) mass is 673 g/mol. The van der Waals surface area contributed by atoms with Crippen LogP contribution in [0.15, 0.2) is 47.9 Å². The maximum atomic E-state index is 12.3. The van der Waals surface area contributed by atoms with Gasteiger partial charge >= 0.3 is 13.4 Å². The summed E-state index contributed by atoms with van der Waals surface area (Å²) in [7, 11) is 0. The van der Waals surface area contributed by atoms with Crippen molar-refractivity contribution in [3.63, 3.8) is 0 Å². The van der Waals surface area contributed by atoms with Gasteiger partial charge in [0.1, 0.15) is 30.5 Å². The number of fused-ring (bicyclic) bond motifs is 5. The van der Waals surface area contributed by atoms with Gasteiger partial charge in [0.25, 0.3) is 5.56 Å². The summed E-state index contributed by atoms with van der Waals surface area (Å²) in [6, 6.07) is 2.90. The first-order chi connectivity index (χ1) is 20.5. The van der Waals surface area contributed by atoms with E-state index in [2.05, 4.69) is 15.1 Å². The molecule has 17 nitrogen and oxygen atoms in total. The van der Waals surface area contributed by atoms with Gasteiger partial charge in [0.15, 0.2) is 11.9 Å². The molecule has 0 radical (unpaired) electrons. The first-order valence-corrected chi connectivity index (χ1v) is 18.1. The highest BCUT2D eigenvalue weighted by Gasteiger charge is 2.50. The molecule has 3 aliphatic heterocycles. The Morgan fingerprint density at radius 2 is 1.74 bits per heavy atom. The third kappa shape index (κ3) is 5.48. The first kappa shape index (κ1) is 29.5. The number of aliphatic hydroxyl groups is 1. The zero-order valence-corrected chi connectivity index (χ0v) is 25.3. The number of anilines is 1. The maximum absolute atomic E-state index is 12.3. The van der Waals surface area contributed by atoms with E-state index in [-0.39, 0.29) is 24.4 Å². The molecule has 3 fully saturated rings. The van der Waals surface area contributed by atoms with Crippen LogP contribution < -0.4 is 11.3 Å². The average molecular weight is 674 g/mol. The van der Waals surface area contributed by atoms with Crippen molar-refractivity contribution < 1.29 is 42.5 Å². The minimum atomic E-state index is -4.07. The number of nitrogens with zero attached hydrogens (tertiary/aromatic N) is 6. The van der Waals surface area contributed by atoms with Crippen LogP contribution >= 0.6 is 13.4 Å². The number of imidazole rings is 2. The van der Waals surface area contributed by atoms with Gasteiger partial charge in [-0.1, -0.05) is 0 Å². The number of rotatable bonds is 2. The molecule has 43 heavy (non-hydrogen) atoms. The van der Waals surface area contributed by atoms with Crippen molar-refractivity contribution in [2.24, 2.45) is 0 Å². The molecule has 230 valence electrons. The predicted octanol–water partition coefficient (Wildman–Crippen LogP) is 0.160. The summed E-state index contributed by atoms with van der Waals surface area (Å²) >= 11 is 10.6. The number of ether oxygens (including phenoxy) is 2. The number of aliphatic hydroxyl groups excluding tert-OH is 1. The van der Waals surface area contributed by atoms with Crippen LogP contribution in [0.2, 0.25) is 0 Å². The fraction of sp³-hybridized carbons (Fsp3) is 0.455. The Morgan fingerprint density at radius 1 is 0.977 bits per heavy atom. The highest BCUT2D eigenvalue weighted by atomic mass is 32.5. The minimum absolute atomic E-state index is 0.181. The second kappa shape index (κ2) is 11.0. The second-order valence-electron chi connectivity index (χ2n) is 10.1. The zero-order chi connectivity index (χ0) is 30.1. The Bertz CT molecular complexity index is 1850. The van der Waals surface area contributed by atoms with E-state index in [1.807, 2.05) is 0 Å². The molecule has 7 heterocycles. The van der Waals surface area contributed by atoms with Gasteiger partial charge in [0.2, 0.25) is 5.78 Å². The molecule has 0 aliphatic carbocycles. The summed E-state index contributed by atoms with van der Waals surface area (Å²) in [5.74, 6) is 0.181. The van der Waals surface area contributed by atoms with Crippen molar-refractivity contribution >= 4 is 54.2 Å². The number of aromatic nitrogens is 6. The van der Waals surface area contributed by atoms with E-state index in [9.17, 15) is 19.7 Å². The lowest BCUT2D eigenvalue weighted by Crippen LogP contribution is -2.35. The third-order valence-corrected chi connectivity index (χ3v) is 10.5. The number of nitrogen functional groups attached to an aromatic ring is 1. The van der Waals surface area contributed by atoms with Gasteiger partial charge in [-0.15, -0.1) is 0 Å². The van der Waals surface area contributed by atoms with E-state index in [0.29, 0.717) is 17.0 Å². The van der Waals surface area contributed by atoms with Crippen LogP contribution in [-0.2, 0) is 51.2 Å². The molecule has 0 aromatic carbocycles. The Labute approximate surface area is 252 Å². The summed E-state index contributed by atoms with van der Waals surface area (Å²) in [6.07, 6.45) is 0.229. The third-order valence-electron chi connectivity index (χ3n) is 7.37. The largest absolute Gasteiger partial charge is 0.396 e. The molecular weight excluding hydrogens is 648 g/mol. The second-order valence-corrected chi connectivity index (χ2v) is 15.6. The predicted molar refractivity (Wildman–Crippen MR) is 154 cm³/mol. The quantitative estimate of drug-likeness (QED) is 0.209. The average Bonchev–Trinajstić information content (AvgIpc) is 3.74. The number of hydrogen-bond donors (Lipinski definition) is 4. The van der Waals surface area contributed by atoms with Gasteiger partial charge in [-0.25, -0.2) is 14.5 Å². The summed E-state index contributed by atoms with van der Waals surface area (Å²) in [5, 5.41) is 15.5. The summed E-state index contributed by atoms with van der Waals surface area (Å²) < 4.78 is 39.5. The molecule has 5 N–H and O–H groups in total. The van der Waals surface area contributed by atoms with Crippen LogP contribution in [0, 0.1) is 0 Å². The van der Waals surface area contributed by atoms with Crippen molar-refractivity contribution in [1.29, 1.82) is 0 Å².